The van der Waals surface area contributed by atoms with Gasteiger partial charge in [-0.05, 0) is 31.8 Å². The van der Waals surface area contributed by atoms with Crippen LogP contribution in [0, 0.1) is 0 Å². The molecule has 0 aliphatic carbocycles. The molecule has 4 nitrogen and oxygen atoms in total. The van der Waals surface area contributed by atoms with Crippen molar-refractivity contribution in [2.45, 2.75) is 6.54 Å². The second-order valence-corrected chi connectivity index (χ2v) is 4.20. The van der Waals surface area contributed by atoms with Crippen molar-refractivity contribution in [3.8, 4) is 5.75 Å². The maximum absolute atomic E-state index is 8.64. The lowest BCUT2D eigenvalue weighted by molar-refractivity contribution is 0.261. The number of likely N-dealkylation sites (N-methyl/N-ethyl adjacent to an activating group) is 1. The van der Waals surface area contributed by atoms with E-state index in [2.05, 4.69) is 10.2 Å². The van der Waals surface area contributed by atoms with E-state index in [9.17, 15) is 0 Å². The van der Waals surface area contributed by atoms with Gasteiger partial charge < -0.3 is 20.1 Å². The number of hydrogen-bond acceptors (Lipinski definition) is 4. The second kappa shape index (κ2) is 8.06. The zero-order valence-corrected chi connectivity index (χ0v) is 10.6. The van der Waals surface area contributed by atoms with Gasteiger partial charge >= 0.3 is 0 Å². The Labute approximate surface area is 103 Å². The number of aliphatic hydroxyl groups excluding tert-OH is 1. The van der Waals surface area contributed by atoms with Crippen molar-refractivity contribution >= 4 is 0 Å². The molecule has 0 saturated heterocycles. The Hall–Kier alpha value is -1.10. The minimum atomic E-state index is 0.172. The lowest BCUT2D eigenvalue weighted by Gasteiger charge is -2.11. The van der Waals surface area contributed by atoms with Gasteiger partial charge in [0.2, 0.25) is 0 Å². The summed E-state index contributed by atoms with van der Waals surface area (Å²) in [5, 5.41) is 11.8. The molecule has 1 rings (SSSR count). The van der Waals surface area contributed by atoms with Crippen molar-refractivity contribution in [2.24, 2.45) is 0 Å². The van der Waals surface area contributed by atoms with Gasteiger partial charge in [-0.1, -0.05) is 12.1 Å². The Morgan fingerprint density at radius 1 is 1.24 bits per heavy atom. The summed E-state index contributed by atoms with van der Waals surface area (Å²) in [6.07, 6.45) is 0. The first-order chi connectivity index (χ1) is 8.22. The third kappa shape index (κ3) is 6.26. The fourth-order valence-corrected chi connectivity index (χ4v) is 1.36. The molecular formula is C13H22N2O2. The highest BCUT2D eigenvalue weighted by Crippen LogP contribution is 2.11. The van der Waals surface area contributed by atoms with Crippen LogP contribution >= 0.6 is 0 Å². The SMILES string of the molecule is CN(C)CCOc1ccc(CNCCO)cc1. The molecule has 0 radical (unpaired) electrons. The van der Waals surface area contributed by atoms with Crippen molar-refractivity contribution in [2.75, 3.05) is 40.4 Å². The van der Waals surface area contributed by atoms with Gasteiger partial charge in [0.25, 0.3) is 0 Å². The summed E-state index contributed by atoms with van der Waals surface area (Å²) in [5.74, 6) is 0.901. The topological polar surface area (TPSA) is 44.7 Å². The Morgan fingerprint density at radius 3 is 2.53 bits per heavy atom. The van der Waals surface area contributed by atoms with E-state index in [4.69, 9.17) is 9.84 Å². The Bertz CT molecular complexity index is 299. The largest absolute Gasteiger partial charge is 0.492 e. The first kappa shape index (κ1) is 14.0. The minimum Gasteiger partial charge on any atom is -0.492 e. The quantitative estimate of drug-likeness (QED) is 0.655. The highest BCUT2D eigenvalue weighted by molar-refractivity contribution is 5.27. The molecule has 2 N–H and O–H groups in total. The first-order valence-corrected chi connectivity index (χ1v) is 5.90. The predicted molar refractivity (Wildman–Crippen MR) is 69.3 cm³/mol. The minimum absolute atomic E-state index is 0.172. The van der Waals surface area contributed by atoms with Gasteiger partial charge in [0.15, 0.2) is 0 Å². The van der Waals surface area contributed by atoms with Crippen molar-refractivity contribution in [1.82, 2.24) is 10.2 Å². The summed E-state index contributed by atoms with van der Waals surface area (Å²) in [6, 6.07) is 8.03. The Kier molecular flexibility index (Phi) is 6.62. The van der Waals surface area contributed by atoms with Crippen LogP contribution in [-0.2, 0) is 6.54 Å². The van der Waals surface area contributed by atoms with Gasteiger partial charge in [-0.15, -0.1) is 0 Å². The van der Waals surface area contributed by atoms with Crippen molar-refractivity contribution in [3.05, 3.63) is 29.8 Å². The van der Waals surface area contributed by atoms with E-state index in [1.54, 1.807) is 0 Å². The number of ether oxygens (including phenoxy) is 1. The predicted octanol–water partition coefficient (Wildman–Crippen LogP) is 0.709. The summed E-state index contributed by atoms with van der Waals surface area (Å²) in [5.41, 5.74) is 1.19. The fraction of sp³-hybridized carbons (Fsp3) is 0.538. The van der Waals surface area contributed by atoms with E-state index in [0.717, 1.165) is 18.8 Å². The molecule has 4 heteroatoms. The number of hydrogen-bond donors (Lipinski definition) is 2. The Morgan fingerprint density at radius 2 is 1.94 bits per heavy atom. The zero-order valence-electron chi connectivity index (χ0n) is 10.6. The molecule has 0 aromatic heterocycles. The molecule has 0 saturated carbocycles. The normalized spacial score (nSPS) is 10.8. The van der Waals surface area contributed by atoms with Crippen molar-refractivity contribution in [1.29, 1.82) is 0 Å². The molecule has 0 fully saturated rings. The fourth-order valence-electron chi connectivity index (χ4n) is 1.36. The van der Waals surface area contributed by atoms with Crippen molar-refractivity contribution < 1.29 is 9.84 Å². The smallest absolute Gasteiger partial charge is 0.119 e. The van der Waals surface area contributed by atoms with Gasteiger partial charge in [0.05, 0.1) is 6.61 Å². The number of nitrogens with zero attached hydrogens (tertiary/aromatic N) is 1. The molecule has 0 bridgehead atoms. The second-order valence-electron chi connectivity index (χ2n) is 4.20. The van der Waals surface area contributed by atoms with E-state index < -0.39 is 0 Å². The van der Waals surface area contributed by atoms with E-state index in [1.165, 1.54) is 5.56 Å². The van der Waals surface area contributed by atoms with Crippen LogP contribution in [0.25, 0.3) is 0 Å². The lowest BCUT2D eigenvalue weighted by atomic mass is 10.2. The van der Waals surface area contributed by atoms with Crippen LogP contribution in [-0.4, -0.2) is 50.4 Å². The monoisotopic (exact) mass is 238 g/mol. The van der Waals surface area contributed by atoms with Crippen LogP contribution in [0.15, 0.2) is 24.3 Å². The maximum atomic E-state index is 8.64. The van der Waals surface area contributed by atoms with Gasteiger partial charge in [-0.25, -0.2) is 0 Å². The summed E-state index contributed by atoms with van der Waals surface area (Å²) in [4.78, 5) is 2.09. The Balaban J connectivity index is 2.29. The molecule has 1 aromatic carbocycles. The summed E-state index contributed by atoms with van der Waals surface area (Å²) in [6.45, 7) is 3.19. The summed E-state index contributed by atoms with van der Waals surface area (Å²) in [7, 11) is 4.05. The molecule has 0 heterocycles. The highest BCUT2D eigenvalue weighted by atomic mass is 16.5. The lowest BCUT2D eigenvalue weighted by Crippen LogP contribution is -2.19. The average molecular weight is 238 g/mol. The molecule has 0 aliphatic heterocycles. The van der Waals surface area contributed by atoms with Gasteiger partial charge in [0.1, 0.15) is 12.4 Å². The van der Waals surface area contributed by atoms with Crippen LogP contribution < -0.4 is 10.1 Å². The van der Waals surface area contributed by atoms with Crippen LogP contribution in [0.5, 0.6) is 5.75 Å². The van der Waals surface area contributed by atoms with E-state index in [1.807, 2.05) is 38.4 Å². The van der Waals surface area contributed by atoms with E-state index >= 15 is 0 Å². The van der Waals surface area contributed by atoms with Crippen molar-refractivity contribution in [3.63, 3.8) is 0 Å². The summed E-state index contributed by atoms with van der Waals surface area (Å²) < 4.78 is 5.60. The zero-order chi connectivity index (χ0) is 12.5. The average Bonchev–Trinajstić information content (AvgIpc) is 2.31. The van der Waals surface area contributed by atoms with Crippen LogP contribution in [0.1, 0.15) is 5.56 Å². The number of rotatable bonds is 8. The first-order valence-electron chi connectivity index (χ1n) is 5.90. The molecule has 0 unspecified atom stereocenters. The number of benzene rings is 1. The van der Waals surface area contributed by atoms with Gasteiger partial charge in [-0.3, -0.25) is 0 Å². The van der Waals surface area contributed by atoms with Gasteiger partial charge in [0, 0.05) is 19.6 Å². The molecular weight excluding hydrogens is 216 g/mol. The molecule has 0 aliphatic rings. The summed E-state index contributed by atoms with van der Waals surface area (Å²) >= 11 is 0. The standard InChI is InChI=1S/C13H22N2O2/c1-15(2)8-10-17-13-5-3-12(4-6-13)11-14-7-9-16/h3-6,14,16H,7-11H2,1-2H3. The van der Waals surface area contributed by atoms with E-state index in [0.29, 0.717) is 13.2 Å². The highest BCUT2D eigenvalue weighted by Gasteiger charge is 1.96. The number of nitrogens with one attached hydrogen (secondary N) is 1. The molecule has 0 spiro atoms. The van der Waals surface area contributed by atoms with E-state index in [-0.39, 0.29) is 6.61 Å². The number of aliphatic hydroxyl groups is 1. The van der Waals surface area contributed by atoms with Gasteiger partial charge in [-0.2, -0.15) is 0 Å². The molecule has 1 aromatic rings. The van der Waals surface area contributed by atoms with Crippen LogP contribution in [0.3, 0.4) is 0 Å². The molecule has 0 atom stereocenters. The molecule has 96 valence electrons. The van der Waals surface area contributed by atoms with Crippen LogP contribution in [0.4, 0.5) is 0 Å². The van der Waals surface area contributed by atoms with Crippen LogP contribution in [0.2, 0.25) is 0 Å². The third-order valence-electron chi connectivity index (χ3n) is 2.35. The molecule has 0 amide bonds. The third-order valence-corrected chi connectivity index (χ3v) is 2.35. The molecule has 17 heavy (non-hydrogen) atoms. The maximum Gasteiger partial charge on any atom is 0.119 e.